The van der Waals surface area contributed by atoms with Crippen molar-refractivity contribution in [3.05, 3.63) is 58.1 Å². The van der Waals surface area contributed by atoms with Crippen molar-refractivity contribution >= 4 is 11.5 Å². The van der Waals surface area contributed by atoms with Crippen LogP contribution in [0.4, 0.5) is 11.5 Å². The van der Waals surface area contributed by atoms with Gasteiger partial charge in [0, 0.05) is 35.9 Å². The van der Waals surface area contributed by atoms with Gasteiger partial charge in [0.25, 0.3) is 5.69 Å². The van der Waals surface area contributed by atoms with Gasteiger partial charge in [-0.2, -0.15) is 5.10 Å². The van der Waals surface area contributed by atoms with Gasteiger partial charge in [-0.1, -0.05) is 0 Å². The second-order valence-corrected chi connectivity index (χ2v) is 6.81. The van der Waals surface area contributed by atoms with Gasteiger partial charge in [-0.25, -0.2) is 4.68 Å². The number of ether oxygens (including phenoxy) is 2. The highest BCUT2D eigenvalue weighted by Gasteiger charge is 2.24. The number of anilines is 1. The Bertz CT molecular complexity index is 1040. The van der Waals surface area contributed by atoms with Crippen molar-refractivity contribution in [2.24, 2.45) is 0 Å². The summed E-state index contributed by atoms with van der Waals surface area (Å²) < 4.78 is 12.7. The lowest BCUT2D eigenvalue weighted by molar-refractivity contribution is -0.384. The number of fused-ring (bicyclic) bond motifs is 1. The van der Waals surface area contributed by atoms with E-state index in [0.717, 1.165) is 54.1 Å². The number of methoxy groups -OCH3 is 2. The van der Waals surface area contributed by atoms with Crippen molar-refractivity contribution in [2.45, 2.75) is 19.3 Å². The maximum atomic E-state index is 11.0. The zero-order valence-corrected chi connectivity index (χ0v) is 16.3. The molecule has 8 heteroatoms. The van der Waals surface area contributed by atoms with Crippen molar-refractivity contribution in [1.29, 1.82) is 0 Å². The molecule has 29 heavy (non-hydrogen) atoms. The summed E-state index contributed by atoms with van der Waals surface area (Å²) in [7, 11) is 3.25. The second kappa shape index (κ2) is 7.83. The third-order valence-electron chi connectivity index (χ3n) is 5.10. The molecule has 0 amide bonds. The van der Waals surface area contributed by atoms with Gasteiger partial charge in [0.2, 0.25) is 0 Å². The summed E-state index contributed by atoms with van der Waals surface area (Å²) in [6.45, 7) is 0.852. The minimum atomic E-state index is -0.403. The van der Waals surface area contributed by atoms with Gasteiger partial charge < -0.3 is 14.8 Å². The van der Waals surface area contributed by atoms with Gasteiger partial charge >= 0.3 is 0 Å². The lowest BCUT2D eigenvalue weighted by Gasteiger charge is -2.10. The summed E-state index contributed by atoms with van der Waals surface area (Å²) in [5, 5.41) is 19.3. The van der Waals surface area contributed by atoms with Crippen molar-refractivity contribution in [1.82, 2.24) is 9.78 Å². The first-order valence-corrected chi connectivity index (χ1v) is 9.45. The van der Waals surface area contributed by atoms with Crippen LogP contribution >= 0.6 is 0 Å². The molecule has 0 aliphatic carbocycles. The predicted molar refractivity (Wildman–Crippen MR) is 110 cm³/mol. The molecule has 0 saturated carbocycles. The SMILES string of the molecule is COc1ccc(-c2nn(-c3ccc([N+](=O)[O-])cc3)c3c2CCCCN3)c(OC)c1. The molecule has 1 aliphatic heterocycles. The topological polar surface area (TPSA) is 91.5 Å². The molecule has 2 heterocycles. The first kappa shape index (κ1) is 18.8. The van der Waals surface area contributed by atoms with E-state index >= 15 is 0 Å². The van der Waals surface area contributed by atoms with E-state index in [-0.39, 0.29) is 5.69 Å². The van der Waals surface area contributed by atoms with E-state index < -0.39 is 4.92 Å². The standard InChI is InChI=1S/C21H22N4O4/c1-28-16-10-11-17(19(13-16)29-2)20-18-5-3-4-12-22-21(18)24(23-20)14-6-8-15(9-7-14)25(26)27/h6-11,13,22H,3-5,12H2,1-2H3. The van der Waals surface area contributed by atoms with E-state index in [2.05, 4.69) is 5.32 Å². The van der Waals surface area contributed by atoms with Crippen LogP contribution in [-0.4, -0.2) is 35.5 Å². The van der Waals surface area contributed by atoms with E-state index in [9.17, 15) is 10.1 Å². The van der Waals surface area contributed by atoms with Crippen molar-refractivity contribution in [3.8, 4) is 28.4 Å². The van der Waals surface area contributed by atoms with Crippen molar-refractivity contribution < 1.29 is 14.4 Å². The molecule has 2 aromatic carbocycles. The third-order valence-corrected chi connectivity index (χ3v) is 5.10. The lowest BCUT2D eigenvalue weighted by Crippen LogP contribution is -2.07. The number of rotatable bonds is 5. The van der Waals surface area contributed by atoms with Gasteiger partial charge in [-0.05, 0) is 43.5 Å². The number of nitrogens with zero attached hydrogens (tertiary/aromatic N) is 3. The highest BCUT2D eigenvalue weighted by molar-refractivity contribution is 5.76. The van der Waals surface area contributed by atoms with Crippen molar-refractivity contribution in [3.63, 3.8) is 0 Å². The Kier molecular flexibility index (Phi) is 5.07. The van der Waals surface area contributed by atoms with Crippen LogP contribution in [0.15, 0.2) is 42.5 Å². The summed E-state index contributed by atoms with van der Waals surface area (Å²) in [5.74, 6) is 2.32. The fourth-order valence-corrected chi connectivity index (χ4v) is 3.62. The Hall–Kier alpha value is -3.55. The number of nitro benzene ring substituents is 1. The monoisotopic (exact) mass is 394 g/mol. The maximum absolute atomic E-state index is 11.0. The van der Waals surface area contributed by atoms with Gasteiger partial charge in [-0.3, -0.25) is 10.1 Å². The van der Waals surface area contributed by atoms with Gasteiger partial charge in [0.1, 0.15) is 23.0 Å². The highest BCUT2D eigenvalue weighted by Crippen LogP contribution is 2.39. The molecule has 1 aliphatic rings. The zero-order chi connectivity index (χ0) is 20.4. The van der Waals surface area contributed by atoms with Crippen LogP contribution in [0.25, 0.3) is 16.9 Å². The van der Waals surface area contributed by atoms with E-state index in [4.69, 9.17) is 14.6 Å². The number of nitrogens with one attached hydrogen (secondary N) is 1. The molecule has 0 spiro atoms. The average Bonchev–Trinajstić information content (AvgIpc) is 2.93. The van der Waals surface area contributed by atoms with E-state index in [0.29, 0.717) is 11.5 Å². The van der Waals surface area contributed by atoms with Crippen LogP contribution in [0, 0.1) is 10.1 Å². The molecule has 8 nitrogen and oxygen atoms in total. The average molecular weight is 394 g/mol. The molecule has 3 aromatic rings. The predicted octanol–water partition coefficient (Wildman–Crippen LogP) is 4.21. The Balaban J connectivity index is 1.87. The number of hydrogen-bond donors (Lipinski definition) is 1. The van der Waals surface area contributed by atoms with E-state index in [1.807, 2.05) is 22.9 Å². The fraction of sp³-hybridized carbons (Fsp3) is 0.286. The number of aromatic nitrogens is 2. The summed E-state index contributed by atoms with van der Waals surface area (Å²) in [4.78, 5) is 10.6. The molecular weight excluding hydrogens is 372 g/mol. The second-order valence-electron chi connectivity index (χ2n) is 6.81. The maximum Gasteiger partial charge on any atom is 0.269 e. The van der Waals surface area contributed by atoms with Crippen molar-refractivity contribution in [2.75, 3.05) is 26.1 Å². The summed E-state index contributed by atoms with van der Waals surface area (Å²) in [6.07, 6.45) is 3.01. The normalized spacial score (nSPS) is 13.2. The molecule has 0 atom stereocenters. The fourth-order valence-electron chi connectivity index (χ4n) is 3.62. The number of non-ortho nitro benzene ring substituents is 1. The lowest BCUT2D eigenvalue weighted by atomic mass is 10.0. The zero-order valence-electron chi connectivity index (χ0n) is 16.3. The van der Waals surface area contributed by atoms with Crippen LogP contribution in [0.1, 0.15) is 18.4 Å². The molecule has 1 N–H and O–H groups in total. The molecular formula is C21H22N4O4. The Morgan fingerprint density at radius 1 is 1.10 bits per heavy atom. The Morgan fingerprint density at radius 2 is 1.90 bits per heavy atom. The summed E-state index contributed by atoms with van der Waals surface area (Å²) in [6, 6.07) is 12.1. The minimum Gasteiger partial charge on any atom is -0.497 e. The van der Waals surface area contributed by atoms with Gasteiger partial charge in [0.15, 0.2) is 0 Å². The third kappa shape index (κ3) is 3.49. The molecule has 0 fully saturated rings. The molecule has 150 valence electrons. The first-order valence-electron chi connectivity index (χ1n) is 9.45. The highest BCUT2D eigenvalue weighted by atomic mass is 16.6. The van der Waals surface area contributed by atoms with Crippen LogP contribution in [-0.2, 0) is 6.42 Å². The van der Waals surface area contributed by atoms with E-state index in [1.165, 1.54) is 12.1 Å². The smallest absolute Gasteiger partial charge is 0.269 e. The Labute approximate surface area is 168 Å². The molecule has 4 rings (SSSR count). The molecule has 0 bridgehead atoms. The van der Waals surface area contributed by atoms with E-state index in [1.54, 1.807) is 26.4 Å². The first-order chi connectivity index (χ1) is 14.1. The van der Waals surface area contributed by atoms with Crippen LogP contribution in [0.5, 0.6) is 11.5 Å². The largest absolute Gasteiger partial charge is 0.497 e. The summed E-state index contributed by atoms with van der Waals surface area (Å²) >= 11 is 0. The number of hydrogen-bond acceptors (Lipinski definition) is 6. The van der Waals surface area contributed by atoms with Crippen LogP contribution < -0.4 is 14.8 Å². The Morgan fingerprint density at radius 3 is 2.59 bits per heavy atom. The molecule has 1 aromatic heterocycles. The molecule has 0 saturated heterocycles. The van der Waals surface area contributed by atoms with Crippen LogP contribution in [0.2, 0.25) is 0 Å². The molecule has 0 unspecified atom stereocenters. The number of benzene rings is 2. The number of nitro groups is 1. The summed E-state index contributed by atoms with van der Waals surface area (Å²) in [5.41, 5.74) is 3.66. The van der Waals surface area contributed by atoms with Crippen LogP contribution in [0.3, 0.4) is 0 Å². The van der Waals surface area contributed by atoms with Gasteiger partial charge in [0.05, 0.1) is 24.8 Å². The molecule has 0 radical (unpaired) electrons. The quantitative estimate of drug-likeness (QED) is 0.515. The minimum absolute atomic E-state index is 0.0528. The van der Waals surface area contributed by atoms with Gasteiger partial charge in [-0.15, -0.1) is 0 Å².